The van der Waals surface area contributed by atoms with Crippen molar-refractivity contribution >= 4 is 11.8 Å². The van der Waals surface area contributed by atoms with Gasteiger partial charge in [-0.05, 0) is 30.5 Å². The summed E-state index contributed by atoms with van der Waals surface area (Å²) in [5.74, 6) is 1.98. The molecule has 0 fully saturated rings. The highest BCUT2D eigenvalue weighted by Crippen LogP contribution is 2.38. The number of nitrogens with two attached hydrogens (primary N) is 1. The molecule has 0 aromatic heterocycles. The van der Waals surface area contributed by atoms with E-state index in [4.69, 9.17) is 10.5 Å². The van der Waals surface area contributed by atoms with Gasteiger partial charge in [-0.25, -0.2) is 0 Å². The van der Waals surface area contributed by atoms with Crippen LogP contribution in [0.5, 0.6) is 5.75 Å². The first kappa shape index (κ1) is 9.87. The van der Waals surface area contributed by atoms with E-state index in [-0.39, 0.29) is 0 Å². The van der Waals surface area contributed by atoms with Crippen LogP contribution in [0.15, 0.2) is 17.0 Å². The molecule has 1 aromatic carbocycles. The van der Waals surface area contributed by atoms with Crippen molar-refractivity contribution in [3.63, 3.8) is 0 Å². The van der Waals surface area contributed by atoms with E-state index in [2.05, 4.69) is 13.0 Å². The van der Waals surface area contributed by atoms with E-state index in [1.165, 1.54) is 16.0 Å². The molecule has 0 saturated heterocycles. The molecule has 76 valence electrons. The second kappa shape index (κ2) is 3.83. The zero-order valence-electron chi connectivity index (χ0n) is 8.54. The molecule has 2 N–H and O–H groups in total. The Morgan fingerprint density at radius 3 is 3.00 bits per heavy atom. The van der Waals surface area contributed by atoms with Crippen LogP contribution < -0.4 is 10.5 Å². The SMILES string of the molecule is COc1ccc(C)c2c1SCC(N)C2. The molecule has 1 aliphatic rings. The fourth-order valence-corrected chi connectivity index (χ4v) is 3.00. The number of ether oxygens (including phenoxy) is 1. The van der Waals surface area contributed by atoms with Crippen LogP contribution in [0.25, 0.3) is 0 Å². The molecule has 3 heteroatoms. The Morgan fingerprint density at radius 1 is 1.50 bits per heavy atom. The zero-order valence-corrected chi connectivity index (χ0v) is 9.36. The second-order valence-electron chi connectivity index (χ2n) is 3.67. The molecule has 1 unspecified atom stereocenters. The number of aryl methyl sites for hydroxylation is 1. The Kier molecular flexibility index (Phi) is 2.70. The minimum atomic E-state index is 0.290. The largest absolute Gasteiger partial charge is 0.496 e. The summed E-state index contributed by atoms with van der Waals surface area (Å²) in [4.78, 5) is 1.29. The van der Waals surface area contributed by atoms with Crippen molar-refractivity contribution in [3.05, 3.63) is 23.3 Å². The summed E-state index contributed by atoms with van der Waals surface area (Å²) < 4.78 is 5.34. The minimum absolute atomic E-state index is 0.290. The molecular weight excluding hydrogens is 194 g/mol. The van der Waals surface area contributed by atoms with Crippen molar-refractivity contribution in [3.8, 4) is 5.75 Å². The van der Waals surface area contributed by atoms with E-state index in [1.807, 2.05) is 17.8 Å². The van der Waals surface area contributed by atoms with Gasteiger partial charge in [0.05, 0.1) is 12.0 Å². The van der Waals surface area contributed by atoms with E-state index in [9.17, 15) is 0 Å². The average Bonchev–Trinajstić information content (AvgIpc) is 2.19. The van der Waals surface area contributed by atoms with Gasteiger partial charge in [0.1, 0.15) is 5.75 Å². The number of hydrogen-bond donors (Lipinski definition) is 1. The zero-order chi connectivity index (χ0) is 10.1. The highest BCUT2D eigenvalue weighted by atomic mass is 32.2. The van der Waals surface area contributed by atoms with Crippen LogP contribution in [0, 0.1) is 6.92 Å². The van der Waals surface area contributed by atoms with Crippen molar-refractivity contribution in [1.29, 1.82) is 0 Å². The van der Waals surface area contributed by atoms with E-state index in [1.54, 1.807) is 7.11 Å². The van der Waals surface area contributed by atoms with Crippen LogP contribution in [-0.4, -0.2) is 18.9 Å². The molecule has 0 amide bonds. The molecule has 0 bridgehead atoms. The normalized spacial score (nSPS) is 20.4. The Hall–Kier alpha value is -0.670. The molecule has 14 heavy (non-hydrogen) atoms. The van der Waals surface area contributed by atoms with Crippen LogP contribution in [0.4, 0.5) is 0 Å². The molecule has 1 aromatic rings. The molecule has 0 aliphatic carbocycles. The first-order valence-corrected chi connectivity index (χ1v) is 5.75. The summed E-state index contributed by atoms with van der Waals surface area (Å²) in [5.41, 5.74) is 8.64. The summed E-state index contributed by atoms with van der Waals surface area (Å²) in [6.07, 6.45) is 0.978. The quantitative estimate of drug-likeness (QED) is 0.768. The van der Waals surface area contributed by atoms with Crippen molar-refractivity contribution in [2.75, 3.05) is 12.9 Å². The molecule has 1 heterocycles. The third-order valence-corrected chi connectivity index (χ3v) is 3.92. The van der Waals surface area contributed by atoms with Crippen LogP contribution in [0.1, 0.15) is 11.1 Å². The summed E-state index contributed by atoms with van der Waals surface area (Å²) >= 11 is 1.81. The summed E-state index contributed by atoms with van der Waals surface area (Å²) in [7, 11) is 1.72. The lowest BCUT2D eigenvalue weighted by Crippen LogP contribution is -2.29. The summed E-state index contributed by atoms with van der Waals surface area (Å²) in [5, 5.41) is 0. The molecule has 0 saturated carbocycles. The van der Waals surface area contributed by atoms with Gasteiger partial charge in [0.2, 0.25) is 0 Å². The first-order chi connectivity index (χ1) is 6.72. The van der Waals surface area contributed by atoms with Crippen molar-refractivity contribution in [2.24, 2.45) is 5.73 Å². The topological polar surface area (TPSA) is 35.2 Å². The predicted octanol–water partition coefficient (Wildman–Crippen LogP) is 1.98. The third-order valence-electron chi connectivity index (χ3n) is 2.59. The van der Waals surface area contributed by atoms with Crippen LogP contribution in [0.3, 0.4) is 0 Å². The maximum atomic E-state index is 5.95. The molecule has 0 spiro atoms. The van der Waals surface area contributed by atoms with Crippen LogP contribution in [-0.2, 0) is 6.42 Å². The van der Waals surface area contributed by atoms with E-state index < -0.39 is 0 Å². The van der Waals surface area contributed by atoms with Gasteiger partial charge in [0, 0.05) is 11.8 Å². The second-order valence-corrected chi connectivity index (χ2v) is 4.70. The van der Waals surface area contributed by atoms with E-state index >= 15 is 0 Å². The van der Waals surface area contributed by atoms with Gasteiger partial charge < -0.3 is 10.5 Å². The standard InChI is InChI=1S/C11H15NOS/c1-7-3-4-10(13-2)11-9(7)5-8(12)6-14-11/h3-4,8H,5-6,12H2,1-2H3. The third kappa shape index (κ3) is 1.62. The number of benzene rings is 1. The van der Waals surface area contributed by atoms with E-state index in [0.717, 1.165) is 17.9 Å². The van der Waals surface area contributed by atoms with Crippen molar-refractivity contribution in [2.45, 2.75) is 24.3 Å². The highest BCUT2D eigenvalue weighted by Gasteiger charge is 2.20. The molecule has 1 atom stereocenters. The van der Waals surface area contributed by atoms with Gasteiger partial charge in [-0.1, -0.05) is 6.07 Å². The van der Waals surface area contributed by atoms with Gasteiger partial charge in [-0.3, -0.25) is 0 Å². The van der Waals surface area contributed by atoms with Crippen molar-refractivity contribution < 1.29 is 4.74 Å². The van der Waals surface area contributed by atoms with Crippen LogP contribution >= 0.6 is 11.8 Å². The smallest absolute Gasteiger partial charge is 0.132 e. The number of methoxy groups -OCH3 is 1. The first-order valence-electron chi connectivity index (χ1n) is 4.77. The monoisotopic (exact) mass is 209 g/mol. The predicted molar refractivity (Wildman–Crippen MR) is 60.1 cm³/mol. The lowest BCUT2D eigenvalue weighted by molar-refractivity contribution is 0.402. The lowest BCUT2D eigenvalue weighted by Gasteiger charge is -2.24. The Balaban J connectivity index is 2.49. The number of hydrogen-bond acceptors (Lipinski definition) is 3. The van der Waals surface area contributed by atoms with E-state index in [0.29, 0.717) is 6.04 Å². The van der Waals surface area contributed by atoms with Gasteiger partial charge in [0.15, 0.2) is 0 Å². The Labute approximate surface area is 88.8 Å². The van der Waals surface area contributed by atoms with Gasteiger partial charge in [-0.15, -0.1) is 11.8 Å². The van der Waals surface area contributed by atoms with Gasteiger partial charge in [-0.2, -0.15) is 0 Å². The summed E-state index contributed by atoms with van der Waals surface area (Å²) in [6.45, 7) is 2.14. The molecule has 2 rings (SSSR count). The minimum Gasteiger partial charge on any atom is -0.496 e. The van der Waals surface area contributed by atoms with Gasteiger partial charge in [0.25, 0.3) is 0 Å². The fraction of sp³-hybridized carbons (Fsp3) is 0.455. The van der Waals surface area contributed by atoms with Gasteiger partial charge >= 0.3 is 0 Å². The lowest BCUT2D eigenvalue weighted by atomic mass is 10.0. The van der Waals surface area contributed by atoms with Crippen molar-refractivity contribution in [1.82, 2.24) is 0 Å². The Bertz CT molecular complexity index is 351. The molecular formula is C11H15NOS. The summed E-state index contributed by atoms with van der Waals surface area (Å²) in [6, 6.07) is 4.44. The highest BCUT2D eigenvalue weighted by molar-refractivity contribution is 7.99. The Morgan fingerprint density at radius 2 is 2.29 bits per heavy atom. The molecule has 2 nitrogen and oxygen atoms in total. The average molecular weight is 209 g/mol. The number of thioether (sulfide) groups is 1. The number of rotatable bonds is 1. The molecule has 0 radical (unpaired) electrons. The maximum Gasteiger partial charge on any atom is 0.132 e. The fourth-order valence-electron chi connectivity index (χ4n) is 1.79. The number of fused-ring (bicyclic) bond motifs is 1. The molecule has 1 aliphatic heterocycles. The van der Waals surface area contributed by atoms with Crippen LogP contribution in [0.2, 0.25) is 0 Å². The maximum absolute atomic E-state index is 5.95.